The van der Waals surface area contributed by atoms with Gasteiger partial charge in [-0.3, -0.25) is 10.1 Å². The second kappa shape index (κ2) is 9.35. The lowest BCUT2D eigenvalue weighted by atomic mass is 9.94. The Hall–Kier alpha value is -0.610. The third-order valence-corrected chi connectivity index (χ3v) is 4.07. The van der Waals surface area contributed by atoms with Gasteiger partial charge in [-0.05, 0) is 66.5 Å². The molecule has 0 aromatic carbocycles. The third kappa shape index (κ3) is 6.71. The zero-order valence-corrected chi connectivity index (χ0v) is 14.2. The van der Waals surface area contributed by atoms with Crippen LogP contribution < -0.4 is 5.32 Å². The Labute approximate surface area is 124 Å². The zero-order chi connectivity index (χ0) is 15.8. The number of nitrogens with one attached hydrogen (secondary N) is 1. The number of rotatable bonds is 11. The van der Waals surface area contributed by atoms with Crippen molar-refractivity contribution in [1.82, 2.24) is 10.2 Å². The van der Waals surface area contributed by atoms with Crippen LogP contribution in [0.2, 0.25) is 0 Å². The van der Waals surface area contributed by atoms with Crippen molar-refractivity contribution in [2.24, 2.45) is 0 Å². The Kier molecular flexibility index (Phi) is 9.06. The minimum absolute atomic E-state index is 0.184. The van der Waals surface area contributed by atoms with Crippen LogP contribution in [0.15, 0.2) is 0 Å². The van der Waals surface area contributed by atoms with E-state index in [-0.39, 0.29) is 6.04 Å². The molecule has 0 saturated heterocycles. The summed E-state index contributed by atoms with van der Waals surface area (Å²) in [6, 6.07) is 0.794. The van der Waals surface area contributed by atoms with E-state index < -0.39 is 11.5 Å². The predicted molar refractivity (Wildman–Crippen MR) is 85.2 cm³/mol. The van der Waals surface area contributed by atoms with Gasteiger partial charge in [0.15, 0.2) is 0 Å². The molecule has 2 atom stereocenters. The van der Waals surface area contributed by atoms with E-state index in [0.717, 1.165) is 32.4 Å². The molecule has 0 spiro atoms. The number of carboxylic acids is 1. The Morgan fingerprint density at radius 2 is 1.85 bits per heavy atom. The molecule has 0 aromatic heterocycles. The molecule has 0 rings (SSSR count). The molecule has 2 unspecified atom stereocenters. The molecule has 120 valence electrons. The number of unbranched alkanes of at least 4 members (excludes halogenated alkanes) is 1. The molecule has 0 aromatic rings. The van der Waals surface area contributed by atoms with Gasteiger partial charge in [-0.25, -0.2) is 0 Å². The highest BCUT2D eigenvalue weighted by Crippen LogP contribution is 2.16. The average molecular weight is 286 g/mol. The van der Waals surface area contributed by atoms with Crippen molar-refractivity contribution >= 4 is 5.97 Å². The molecule has 0 aliphatic carbocycles. The molecule has 4 nitrogen and oxygen atoms in total. The van der Waals surface area contributed by atoms with E-state index in [1.54, 1.807) is 6.92 Å². The fraction of sp³-hybridized carbons (Fsp3) is 0.938. The van der Waals surface area contributed by atoms with Gasteiger partial charge in [0.05, 0.1) is 0 Å². The standard InChI is InChI=1S/C16H34N2O2/c1-7-14(5)18(8-2)12-10-9-11-16(6,15(19)20)17-13(3)4/h13-14,17H,7-12H2,1-6H3,(H,19,20). The number of aliphatic carboxylic acids is 1. The molecular weight excluding hydrogens is 252 g/mol. The number of nitrogens with zero attached hydrogens (tertiary/aromatic N) is 1. The maximum absolute atomic E-state index is 11.4. The van der Waals surface area contributed by atoms with E-state index >= 15 is 0 Å². The molecule has 0 amide bonds. The first kappa shape index (κ1) is 19.4. The van der Waals surface area contributed by atoms with E-state index in [1.165, 1.54) is 0 Å². The number of carbonyl (C=O) groups is 1. The number of carboxylic acid groups (broad SMARTS) is 1. The summed E-state index contributed by atoms with van der Waals surface area (Å²) >= 11 is 0. The van der Waals surface area contributed by atoms with Crippen molar-refractivity contribution in [3.05, 3.63) is 0 Å². The highest BCUT2D eigenvalue weighted by atomic mass is 16.4. The Bertz CT molecular complexity index is 282. The summed E-state index contributed by atoms with van der Waals surface area (Å²) in [5.41, 5.74) is -0.804. The minimum atomic E-state index is -0.804. The molecular formula is C16H34N2O2. The van der Waals surface area contributed by atoms with Crippen LogP contribution >= 0.6 is 0 Å². The SMILES string of the molecule is CCC(C)N(CC)CCCCC(C)(NC(C)C)C(=O)O. The lowest BCUT2D eigenvalue weighted by Crippen LogP contribution is -2.52. The molecule has 0 heterocycles. The van der Waals surface area contributed by atoms with Crippen molar-refractivity contribution in [2.75, 3.05) is 13.1 Å². The summed E-state index contributed by atoms with van der Waals surface area (Å²) in [5, 5.41) is 12.6. The monoisotopic (exact) mass is 286 g/mol. The summed E-state index contributed by atoms with van der Waals surface area (Å²) in [7, 11) is 0. The lowest BCUT2D eigenvalue weighted by molar-refractivity contribution is -0.144. The van der Waals surface area contributed by atoms with E-state index in [0.29, 0.717) is 12.5 Å². The molecule has 0 radical (unpaired) electrons. The fourth-order valence-corrected chi connectivity index (χ4v) is 2.62. The van der Waals surface area contributed by atoms with E-state index in [9.17, 15) is 9.90 Å². The van der Waals surface area contributed by atoms with Crippen LogP contribution in [0.1, 0.15) is 67.2 Å². The first-order chi connectivity index (χ1) is 9.26. The maximum atomic E-state index is 11.4. The van der Waals surface area contributed by atoms with Crippen molar-refractivity contribution in [3.63, 3.8) is 0 Å². The smallest absolute Gasteiger partial charge is 0.323 e. The Morgan fingerprint density at radius 1 is 1.25 bits per heavy atom. The molecule has 20 heavy (non-hydrogen) atoms. The van der Waals surface area contributed by atoms with Gasteiger partial charge in [0.25, 0.3) is 0 Å². The van der Waals surface area contributed by atoms with E-state index in [2.05, 4.69) is 31.0 Å². The van der Waals surface area contributed by atoms with Crippen LogP contribution in [0.5, 0.6) is 0 Å². The normalized spacial score (nSPS) is 16.4. The van der Waals surface area contributed by atoms with Gasteiger partial charge in [-0.2, -0.15) is 0 Å². The number of hydrogen-bond acceptors (Lipinski definition) is 3. The van der Waals surface area contributed by atoms with Gasteiger partial charge in [0.1, 0.15) is 5.54 Å². The van der Waals surface area contributed by atoms with E-state index in [4.69, 9.17) is 0 Å². The molecule has 4 heteroatoms. The van der Waals surface area contributed by atoms with Gasteiger partial charge in [0.2, 0.25) is 0 Å². The zero-order valence-electron chi connectivity index (χ0n) is 14.2. The Morgan fingerprint density at radius 3 is 2.25 bits per heavy atom. The molecule has 2 N–H and O–H groups in total. The second-order valence-corrected chi connectivity index (χ2v) is 6.28. The predicted octanol–water partition coefficient (Wildman–Crippen LogP) is 3.12. The van der Waals surface area contributed by atoms with Crippen LogP contribution in [-0.2, 0) is 4.79 Å². The average Bonchev–Trinajstić information content (AvgIpc) is 2.37. The van der Waals surface area contributed by atoms with Gasteiger partial charge in [-0.15, -0.1) is 0 Å². The second-order valence-electron chi connectivity index (χ2n) is 6.28. The maximum Gasteiger partial charge on any atom is 0.323 e. The quantitative estimate of drug-likeness (QED) is 0.573. The summed E-state index contributed by atoms with van der Waals surface area (Å²) in [6.45, 7) is 14.5. The minimum Gasteiger partial charge on any atom is -0.480 e. The van der Waals surface area contributed by atoms with Crippen LogP contribution in [0.3, 0.4) is 0 Å². The van der Waals surface area contributed by atoms with Gasteiger partial charge >= 0.3 is 5.97 Å². The van der Waals surface area contributed by atoms with Gasteiger partial charge in [0, 0.05) is 12.1 Å². The number of hydrogen-bond donors (Lipinski definition) is 2. The topological polar surface area (TPSA) is 52.6 Å². The summed E-state index contributed by atoms with van der Waals surface area (Å²) in [5.74, 6) is -0.750. The van der Waals surface area contributed by atoms with E-state index in [1.807, 2.05) is 13.8 Å². The van der Waals surface area contributed by atoms with Gasteiger partial charge in [-0.1, -0.05) is 13.8 Å². The van der Waals surface area contributed by atoms with Crippen molar-refractivity contribution in [2.45, 2.75) is 84.8 Å². The molecule has 0 bridgehead atoms. The lowest BCUT2D eigenvalue weighted by Gasteiger charge is -2.30. The molecule has 0 saturated carbocycles. The largest absolute Gasteiger partial charge is 0.480 e. The highest BCUT2D eigenvalue weighted by molar-refractivity contribution is 5.78. The fourth-order valence-electron chi connectivity index (χ4n) is 2.62. The summed E-state index contributed by atoms with van der Waals surface area (Å²) in [4.78, 5) is 13.9. The van der Waals surface area contributed by atoms with Crippen LogP contribution in [0, 0.1) is 0 Å². The Balaban J connectivity index is 4.22. The first-order valence-electron chi connectivity index (χ1n) is 8.02. The summed E-state index contributed by atoms with van der Waals surface area (Å²) in [6.07, 6.45) is 3.84. The van der Waals surface area contributed by atoms with Crippen LogP contribution in [0.4, 0.5) is 0 Å². The van der Waals surface area contributed by atoms with Crippen molar-refractivity contribution < 1.29 is 9.90 Å². The highest BCUT2D eigenvalue weighted by Gasteiger charge is 2.32. The van der Waals surface area contributed by atoms with Crippen molar-refractivity contribution in [3.8, 4) is 0 Å². The molecule has 0 fully saturated rings. The molecule has 0 aliphatic rings. The molecule has 0 aliphatic heterocycles. The third-order valence-electron chi connectivity index (χ3n) is 4.07. The first-order valence-corrected chi connectivity index (χ1v) is 8.02. The van der Waals surface area contributed by atoms with Crippen LogP contribution in [0.25, 0.3) is 0 Å². The van der Waals surface area contributed by atoms with Crippen LogP contribution in [-0.4, -0.2) is 46.7 Å². The van der Waals surface area contributed by atoms with Gasteiger partial charge < -0.3 is 10.0 Å². The summed E-state index contributed by atoms with van der Waals surface area (Å²) < 4.78 is 0. The van der Waals surface area contributed by atoms with Crippen molar-refractivity contribution in [1.29, 1.82) is 0 Å².